The van der Waals surface area contributed by atoms with E-state index in [9.17, 15) is 4.79 Å². The molecule has 2 aromatic rings. The number of carbonyl (C=O) groups is 1. The van der Waals surface area contributed by atoms with Gasteiger partial charge >= 0.3 is 0 Å². The summed E-state index contributed by atoms with van der Waals surface area (Å²) in [5, 5.41) is 1.19. The number of ether oxygens (including phenoxy) is 1. The maximum absolute atomic E-state index is 12.8. The number of hydrogen-bond donors (Lipinski definition) is 0. The van der Waals surface area contributed by atoms with Gasteiger partial charge in [0.05, 0.1) is 18.8 Å². The molecule has 4 rings (SSSR count). The summed E-state index contributed by atoms with van der Waals surface area (Å²) in [5.41, 5.74) is 1.52. The highest BCUT2D eigenvalue weighted by atomic mass is 35.5. The second kappa shape index (κ2) is 5.99. The molecule has 4 nitrogen and oxygen atoms in total. The molecular formula is C19H18Cl2N2O2. The molecule has 2 aliphatic rings. The number of nitrogens with zero attached hydrogens (tertiary/aromatic N) is 2. The number of likely N-dealkylation sites (N-methyl/N-ethyl adjacent to an activating group) is 1. The number of fused-ring (bicyclic) bond motifs is 3. The van der Waals surface area contributed by atoms with Crippen LogP contribution in [0.2, 0.25) is 10.0 Å². The molecule has 0 saturated carbocycles. The van der Waals surface area contributed by atoms with Crippen molar-refractivity contribution in [2.75, 3.05) is 25.1 Å². The molecule has 2 atom stereocenters. The quantitative estimate of drug-likeness (QED) is 0.756. The van der Waals surface area contributed by atoms with E-state index in [1.54, 1.807) is 18.0 Å². The Labute approximate surface area is 156 Å². The van der Waals surface area contributed by atoms with Crippen LogP contribution in [0.3, 0.4) is 0 Å². The zero-order valence-electron chi connectivity index (χ0n) is 14.0. The Morgan fingerprint density at radius 3 is 2.68 bits per heavy atom. The molecule has 0 radical (unpaired) electrons. The van der Waals surface area contributed by atoms with Gasteiger partial charge in [0.15, 0.2) is 5.72 Å². The van der Waals surface area contributed by atoms with Gasteiger partial charge in [-0.25, -0.2) is 0 Å². The smallest absolute Gasteiger partial charge is 0.241 e. The first-order valence-electron chi connectivity index (χ1n) is 8.17. The molecule has 1 fully saturated rings. The number of rotatable bonds is 1. The van der Waals surface area contributed by atoms with Gasteiger partial charge in [0.1, 0.15) is 0 Å². The van der Waals surface area contributed by atoms with E-state index in [-0.39, 0.29) is 18.5 Å². The lowest BCUT2D eigenvalue weighted by Crippen LogP contribution is -2.48. The van der Waals surface area contributed by atoms with Gasteiger partial charge in [0.25, 0.3) is 0 Å². The molecule has 2 unspecified atom stereocenters. The summed E-state index contributed by atoms with van der Waals surface area (Å²) >= 11 is 12.9. The van der Waals surface area contributed by atoms with E-state index < -0.39 is 5.72 Å². The molecule has 0 aliphatic carbocycles. The number of carbonyl (C=O) groups excluding carboxylic acids is 1. The Balaban J connectivity index is 2.08. The highest BCUT2D eigenvalue weighted by Gasteiger charge is 2.53. The Kier molecular flexibility index (Phi) is 4.04. The van der Waals surface area contributed by atoms with Crippen molar-refractivity contribution in [1.82, 2.24) is 4.90 Å². The largest absolute Gasteiger partial charge is 0.350 e. The normalized spacial score (nSPS) is 26.3. The SMILES string of the molecule is CC1COC2(c3ccccc3Cl)c3cc(Cl)ccc3N(C)C(=O)CN12. The van der Waals surface area contributed by atoms with Crippen molar-refractivity contribution in [3.05, 3.63) is 63.6 Å². The first-order chi connectivity index (χ1) is 11.9. The second-order valence-electron chi connectivity index (χ2n) is 6.53. The van der Waals surface area contributed by atoms with Crippen LogP contribution < -0.4 is 4.90 Å². The summed E-state index contributed by atoms with van der Waals surface area (Å²) in [4.78, 5) is 16.5. The van der Waals surface area contributed by atoms with E-state index in [2.05, 4.69) is 11.8 Å². The topological polar surface area (TPSA) is 32.8 Å². The lowest BCUT2D eigenvalue weighted by atomic mass is 9.91. The highest BCUT2D eigenvalue weighted by Crippen LogP contribution is 2.50. The zero-order valence-corrected chi connectivity index (χ0v) is 15.5. The number of anilines is 1. The average Bonchev–Trinajstić information content (AvgIpc) is 2.88. The van der Waals surface area contributed by atoms with E-state index in [1.165, 1.54) is 0 Å². The van der Waals surface area contributed by atoms with Gasteiger partial charge in [0.2, 0.25) is 5.91 Å². The molecule has 2 aliphatic heterocycles. The van der Waals surface area contributed by atoms with Crippen molar-refractivity contribution in [2.45, 2.75) is 18.7 Å². The fourth-order valence-corrected chi connectivity index (χ4v) is 4.23. The van der Waals surface area contributed by atoms with Crippen molar-refractivity contribution >= 4 is 34.8 Å². The highest BCUT2D eigenvalue weighted by molar-refractivity contribution is 6.31. The molecule has 0 aromatic heterocycles. The zero-order chi connectivity index (χ0) is 17.8. The number of amides is 1. The lowest BCUT2D eigenvalue weighted by molar-refractivity contribution is -0.123. The van der Waals surface area contributed by atoms with Crippen molar-refractivity contribution in [2.24, 2.45) is 0 Å². The van der Waals surface area contributed by atoms with Gasteiger partial charge in [0, 0.05) is 34.3 Å². The van der Waals surface area contributed by atoms with E-state index in [4.69, 9.17) is 27.9 Å². The van der Waals surface area contributed by atoms with Crippen molar-refractivity contribution < 1.29 is 9.53 Å². The molecular weight excluding hydrogens is 359 g/mol. The Bertz CT molecular complexity index is 857. The van der Waals surface area contributed by atoms with Gasteiger partial charge in [-0.3, -0.25) is 9.69 Å². The lowest BCUT2D eigenvalue weighted by Gasteiger charge is -2.38. The van der Waals surface area contributed by atoms with E-state index in [1.807, 2.05) is 36.4 Å². The predicted octanol–water partition coefficient (Wildman–Crippen LogP) is 3.89. The van der Waals surface area contributed by atoms with Gasteiger partial charge in [-0.15, -0.1) is 0 Å². The third-order valence-corrected chi connectivity index (χ3v) is 5.64. The molecule has 0 N–H and O–H groups in total. The van der Waals surface area contributed by atoms with Crippen LogP contribution in [-0.2, 0) is 15.3 Å². The van der Waals surface area contributed by atoms with Crippen LogP contribution in [0.4, 0.5) is 5.69 Å². The van der Waals surface area contributed by atoms with Crippen LogP contribution in [0.5, 0.6) is 0 Å². The molecule has 6 heteroatoms. The fraction of sp³-hybridized carbons (Fsp3) is 0.316. The third-order valence-electron chi connectivity index (χ3n) is 5.07. The molecule has 1 amide bonds. The minimum absolute atomic E-state index is 0.00912. The van der Waals surface area contributed by atoms with E-state index in [0.717, 1.165) is 16.8 Å². The van der Waals surface area contributed by atoms with Gasteiger partial charge in [-0.1, -0.05) is 41.4 Å². The van der Waals surface area contributed by atoms with Gasteiger partial charge in [-0.05, 0) is 31.2 Å². The summed E-state index contributed by atoms with van der Waals surface area (Å²) in [5.74, 6) is 0.00912. The van der Waals surface area contributed by atoms with Crippen LogP contribution in [-0.4, -0.2) is 37.0 Å². The summed E-state index contributed by atoms with van der Waals surface area (Å²) < 4.78 is 6.39. The van der Waals surface area contributed by atoms with Crippen LogP contribution in [0.25, 0.3) is 0 Å². The monoisotopic (exact) mass is 376 g/mol. The molecule has 25 heavy (non-hydrogen) atoms. The molecule has 0 spiro atoms. The number of halogens is 2. The third kappa shape index (κ3) is 2.40. The van der Waals surface area contributed by atoms with E-state index in [0.29, 0.717) is 16.7 Å². The Hall–Kier alpha value is -1.59. The van der Waals surface area contributed by atoms with Gasteiger partial charge < -0.3 is 9.64 Å². The molecule has 2 heterocycles. The molecule has 130 valence electrons. The fourth-order valence-electron chi connectivity index (χ4n) is 3.80. The van der Waals surface area contributed by atoms with Crippen LogP contribution in [0, 0.1) is 0 Å². The summed E-state index contributed by atoms with van der Waals surface area (Å²) in [7, 11) is 1.78. The van der Waals surface area contributed by atoms with Crippen LogP contribution in [0.1, 0.15) is 18.1 Å². The minimum atomic E-state index is -0.932. The standard InChI is InChI=1S/C19H18Cl2N2O2/c1-12-11-25-19(14-5-3-4-6-16(14)21)15-9-13(20)7-8-17(15)22(2)18(24)10-23(12)19/h3-9,12H,10-11H2,1-2H3. The number of benzene rings is 2. The first kappa shape index (κ1) is 16.9. The summed E-state index contributed by atoms with van der Waals surface area (Å²) in [6, 6.07) is 13.2. The Morgan fingerprint density at radius 1 is 1.16 bits per heavy atom. The second-order valence-corrected chi connectivity index (χ2v) is 7.37. The average molecular weight is 377 g/mol. The maximum atomic E-state index is 12.8. The Morgan fingerprint density at radius 2 is 1.92 bits per heavy atom. The molecule has 2 aromatic carbocycles. The first-order valence-corrected chi connectivity index (χ1v) is 8.93. The van der Waals surface area contributed by atoms with Crippen LogP contribution in [0.15, 0.2) is 42.5 Å². The predicted molar refractivity (Wildman–Crippen MR) is 99.2 cm³/mol. The maximum Gasteiger partial charge on any atom is 0.241 e. The molecule has 0 bridgehead atoms. The van der Waals surface area contributed by atoms with Crippen molar-refractivity contribution in [1.29, 1.82) is 0 Å². The van der Waals surface area contributed by atoms with E-state index >= 15 is 0 Å². The van der Waals surface area contributed by atoms with Gasteiger partial charge in [-0.2, -0.15) is 0 Å². The van der Waals surface area contributed by atoms with Crippen molar-refractivity contribution in [3.8, 4) is 0 Å². The summed E-state index contributed by atoms with van der Waals surface area (Å²) in [6.07, 6.45) is 0. The number of hydrogen-bond acceptors (Lipinski definition) is 3. The van der Waals surface area contributed by atoms with Crippen molar-refractivity contribution in [3.63, 3.8) is 0 Å². The minimum Gasteiger partial charge on any atom is -0.350 e. The molecule has 1 saturated heterocycles. The van der Waals surface area contributed by atoms with Crippen LogP contribution >= 0.6 is 23.2 Å². The summed E-state index contributed by atoms with van der Waals surface area (Å²) in [6.45, 7) is 2.81.